The molecule has 0 spiro atoms. The van der Waals surface area contributed by atoms with E-state index in [2.05, 4.69) is 46.4 Å². The van der Waals surface area contributed by atoms with Crippen molar-refractivity contribution in [2.75, 3.05) is 19.6 Å². The summed E-state index contributed by atoms with van der Waals surface area (Å²) in [5, 5.41) is 3.48. The normalized spacial score (nSPS) is 19.9. The second kappa shape index (κ2) is 5.85. The number of piperazine rings is 1. The molecule has 1 saturated heterocycles. The highest BCUT2D eigenvalue weighted by Gasteiger charge is 2.21. The highest BCUT2D eigenvalue weighted by Crippen LogP contribution is 2.19. The summed E-state index contributed by atoms with van der Waals surface area (Å²) in [5.41, 5.74) is 2.55. The number of hydrogen-bond acceptors (Lipinski definition) is 2. The Morgan fingerprint density at radius 3 is 3.00 bits per heavy atom. The van der Waals surface area contributed by atoms with Crippen LogP contribution in [0.15, 0.2) is 22.7 Å². The second-order valence-corrected chi connectivity index (χ2v) is 5.76. The third-order valence-corrected chi connectivity index (χ3v) is 4.27. The number of amides is 1. The topological polar surface area (TPSA) is 32.3 Å². The van der Waals surface area contributed by atoms with Crippen LogP contribution in [0.2, 0.25) is 0 Å². The van der Waals surface area contributed by atoms with Gasteiger partial charge in [0.2, 0.25) is 5.91 Å². The summed E-state index contributed by atoms with van der Waals surface area (Å²) in [7, 11) is 0. The van der Waals surface area contributed by atoms with Crippen molar-refractivity contribution in [3.8, 4) is 0 Å². The molecule has 1 unspecified atom stereocenters. The zero-order valence-corrected chi connectivity index (χ0v) is 12.5. The number of benzene rings is 1. The van der Waals surface area contributed by atoms with Gasteiger partial charge >= 0.3 is 0 Å². The van der Waals surface area contributed by atoms with Gasteiger partial charge in [0.1, 0.15) is 0 Å². The van der Waals surface area contributed by atoms with E-state index in [-0.39, 0.29) is 5.91 Å². The van der Waals surface area contributed by atoms with Crippen molar-refractivity contribution in [1.29, 1.82) is 0 Å². The summed E-state index contributed by atoms with van der Waals surface area (Å²) in [6.07, 6.45) is 0.961. The lowest BCUT2D eigenvalue weighted by Gasteiger charge is -2.33. The minimum absolute atomic E-state index is 0.173. The molecule has 0 aliphatic carbocycles. The number of carbonyl (C=O) groups is 1. The molecule has 2 rings (SSSR count). The third-order valence-electron chi connectivity index (χ3n) is 3.42. The van der Waals surface area contributed by atoms with Gasteiger partial charge < -0.3 is 10.2 Å². The summed E-state index contributed by atoms with van der Waals surface area (Å²) in [6.45, 7) is 6.25. The number of hydrogen-bond donors (Lipinski definition) is 1. The molecule has 1 aromatic carbocycles. The second-order valence-electron chi connectivity index (χ2n) is 4.90. The van der Waals surface area contributed by atoms with Crippen LogP contribution in [0.5, 0.6) is 0 Å². The molecule has 1 N–H and O–H groups in total. The van der Waals surface area contributed by atoms with Gasteiger partial charge in [-0.05, 0) is 30.5 Å². The Morgan fingerprint density at radius 2 is 2.33 bits per heavy atom. The fourth-order valence-corrected chi connectivity index (χ4v) is 2.72. The van der Waals surface area contributed by atoms with Crippen LogP contribution in [-0.4, -0.2) is 36.5 Å². The molecule has 98 valence electrons. The van der Waals surface area contributed by atoms with Crippen LogP contribution in [0.25, 0.3) is 0 Å². The third kappa shape index (κ3) is 3.33. The Hall–Kier alpha value is -0.870. The van der Waals surface area contributed by atoms with Gasteiger partial charge in [-0.1, -0.05) is 28.1 Å². The maximum absolute atomic E-state index is 11.4. The van der Waals surface area contributed by atoms with Gasteiger partial charge in [0.15, 0.2) is 0 Å². The smallest absolute Gasteiger partial charge is 0.219 e. The van der Waals surface area contributed by atoms with Gasteiger partial charge in [0.25, 0.3) is 0 Å². The molecular weight excluding hydrogens is 292 g/mol. The molecule has 1 fully saturated rings. The van der Waals surface area contributed by atoms with Crippen molar-refractivity contribution < 1.29 is 4.79 Å². The summed E-state index contributed by atoms with van der Waals surface area (Å²) < 4.78 is 1.15. The van der Waals surface area contributed by atoms with Crippen LogP contribution in [0, 0.1) is 6.92 Å². The monoisotopic (exact) mass is 310 g/mol. The van der Waals surface area contributed by atoms with E-state index in [0.29, 0.717) is 6.04 Å². The predicted octanol–water partition coefficient (Wildman–Crippen LogP) is 2.12. The van der Waals surface area contributed by atoms with E-state index in [0.717, 1.165) is 30.5 Å². The number of nitrogens with one attached hydrogen (secondary N) is 1. The molecule has 1 aliphatic heterocycles. The van der Waals surface area contributed by atoms with Crippen LogP contribution in [0.3, 0.4) is 0 Å². The molecule has 1 atom stereocenters. The predicted molar refractivity (Wildman–Crippen MR) is 76.6 cm³/mol. The van der Waals surface area contributed by atoms with E-state index >= 15 is 0 Å². The van der Waals surface area contributed by atoms with Gasteiger partial charge in [0, 0.05) is 37.1 Å². The molecule has 3 nitrogen and oxygen atoms in total. The SMILES string of the molecule is CC(=O)N1CCNC(Cc2ccc(C)c(Br)c2)C1. The van der Waals surface area contributed by atoms with Crippen molar-refractivity contribution in [3.63, 3.8) is 0 Å². The molecule has 18 heavy (non-hydrogen) atoms. The van der Waals surface area contributed by atoms with Crippen LogP contribution < -0.4 is 5.32 Å². The first-order chi connectivity index (χ1) is 8.56. The van der Waals surface area contributed by atoms with E-state index in [9.17, 15) is 4.79 Å². The first kappa shape index (κ1) is 13.6. The molecular formula is C14H19BrN2O. The molecule has 1 heterocycles. The molecule has 0 saturated carbocycles. The standard InChI is InChI=1S/C14H19BrN2O/c1-10-3-4-12(8-14(10)15)7-13-9-17(11(2)18)6-5-16-13/h3-4,8,13,16H,5-7,9H2,1-2H3. The van der Waals surface area contributed by atoms with Crippen LogP contribution in [0.4, 0.5) is 0 Å². The van der Waals surface area contributed by atoms with E-state index in [1.807, 2.05) is 4.90 Å². The minimum Gasteiger partial charge on any atom is -0.340 e. The lowest BCUT2D eigenvalue weighted by molar-refractivity contribution is -0.130. The summed E-state index contributed by atoms with van der Waals surface area (Å²) >= 11 is 3.56. The fourth-order valence-electron chi connectivity index (χ4n) is 2.30. The molecule has 1 amide bonds. The van der Waals surface area contributed by atoms with Crippen molar-refractivity contribution in [2.45, 2.75) is 26.3 Å². The summed E-state index contributed by atoms with van der Waals surface area (Å²) in [5.74, 6) is 0.173. The highest BCUT2D eigenvalue weighted by atomic mass is 79.9. The summed E-state index contributed by atoms with van der Waals surface area (Å²) in [4.78, 5) is 13.3. The Bertz CT molecular complexity index is 447. The lowest BCUT2D eigenvalue weighted by Crippen LogP contribution is -2.52. The van der Waals surface area contributed by atoms with Gasteiger partial charge in [0.05, 0.1) is 0 Å². The van der Waals surface area contributed by atoms with Gasteiger partial charge in [-0.15, -0.1) is 0 Å². The number of carbonyl (C=O) groups excluding carboxylic acids is 1. The molecule has 1 aliphatic rings. The first-order valence-corrected chi connectivity index (χ1v) is 7.09. The van der Waals surface area contributed by atoms with E-state index in [1.165, 1.54) is 11.1 Å². The Morgan fingerprint density at radius 1 is 1.56 bits per heavy atom. The minimum atomic E-state index is 0.173. The van der Waals surface area contributed by atoms with Crippen LogP contribution in [-0.2, 0) is 11.2 Å². The van der Waals surface area contributed by atoms with Gasteiger partial charge in [-0.2, -0.15) is 0 Å². The molecule has 1 aromatic rings. The van der Waals surface area contributed by atoms with Crippen LogP contribution >= 0.6 is 15.9 Å². The van der Waals surface area contributed by atoms with Crippen molar-refractivity contribution in [3.05, 3.63) is 33.8 Å². The number of nitrogens with zero attached hydrogens (tertiary/aromatic N) is 1. The largest absolute Gasteiger partial charge is 0.340 e. The van der Waals surface area contributed by atoms with Gasteiger partial charge in [-0.3, -0.25) is 4.79 Å². The Labute approximate surface area is 117 Å². The average molecular weight is 311 g/mol. The number of halogens is 1. The van der Waals surface area contributed by atoms with E-state index in [4.69, 9.17) is 0 Å². The average Bonchev–Trinajstić information content (AvgIpc) is 2.34. The molecule has 0 radical (unpaired) electrons. The zero-order chi connectivity index (χ0) is 13.1. The maximum Gasteiger partial charge on any atom is 0.219 e. The van der Waals surface area contributed by atoms with Crippen molar-refractivity contribution in [1.82, 2.24) is 10.2 Å². The highest BCUT2D eigenvalue weighted by molar-refractivity contribution is 9.10. The molecule has 0 bridgehead atoms. The van der Waals surface area contributed by atoms with Crippen LogP contribution in [0.1, 0.15) is 18.1 Å². The maximum atomic E-state index is 11.4. The van der Waals surface area contributed by atoms with E-state index in [1.54, 1.807) is 6.92 Å². The van der Waals surface area contributed by atoms with Crippen molar-refractivity contribution in [2.24, 2.45) is 0 Å². The van der Waals surface area contributed by atoms with Crippen molar-refractivity contribution >= 4 is 21.8 Å². The van der Waals surface area contributed by atoms with Gasteiger partial charge in [-0.25, -0.2) is 0 Å². The Balaban J connectivity index is 2.00. The first-order valence-electron chi connectivity index (χ1n) is 6.30. The number of aryl methyl sites for hydroxylation is 1. The Kier molecular flexibility index (Phi) is 4.40. The molecule has 0 aromatic heterocycles. The van der Waals surface area contributed by atoms with E-state index < -0.39 is 0 Å². The number of rotatable bonds is 2. The lowest BCUT2D eigenvalue weighted by atomic mass is 10.0. The summed E-state index contributed by atoms with van der Waals surface area (Å²) in [6, 6.07) is 6.82. The quantitative estimate of drug-likeness (QED) is 0.907. The molecule has 4 heteroatoms. The fraction of sp³-hybridized carbons (Fsp3) is 0.500. The zero-order valence-electron chi connectivity index (χ0n) is 10.9.